The number of nitrogens with one attached hydrogen (secondary N) is 2. The van der Waals surface area contributed by atoms with Gasteiger partial charge in [0.25, 0.3) is 10.0 Å². The lowest BCUT2D eigenvalue weighted by atomic mass is 10.3. The monoisotopic (exact) mass is 488 g/mol. The molecule has 0 bridgehead atoms. The molecule has 1 unspecified atom stereocenters. The second-order valence-corrected chi connectivity index (χ2v) is 10.4. The third kappa shape index (κ3) is 5.83. The molecule has 29 heavy (non-hydrogen) atoms. The molecule has 1 heterocycles. The van der Waals surface area contributed by atoms with Crippen molar-refractivity contribution in [1.29, 1.82) is 0 Å². The molecule has 0 spiro atoms. The van der Waals surface area contributed by atoms with Crippen molar-refractivity contribution in [2.75, 3.05) is 10.0 Å². The van der Waals surface area contributed by atoms with Crippen LogP contribution in [0, 0.1) is 0 Å². The summed E-state index contributed by atoms with van der Waals surface area (Å²) in [6.45, 7) is 1.74. The van der Waals surface area contributed by atoms with Gasteiger partial charge >= 0.3 is 0 Å². The van der Waals surface area contributed by atoms with Crippen molar-refractivity contribution in [3.8, 4) is 0 Å². The Labute approximate surface area is 185 Å². The van der Waals surface area contributed by atoms with Crippen LogP contribution in [0.5, 0.6) is 0 Å². The molecule has 12 heteroatoms. The predicted octanol–water partition coefficient (Wildman–Crippen LogP) is 4.77. The molecule has 1 atom stereocenters. The molecule has 0 aliphatic rings. The van der Waals surface area contributed by atoms with Crippen LogP contribution in [0.15, 0.2) is 57.8 Å². The maximum atomic E-state index is 12.5. The fourth-order valence-electron chi connectivity index (χ4n) is 2.16. The Morgan fingerprint density at radius 2 is 1.90 bits per heavy atom. The van der Waals surface area contributed by atoms with Gasteiger partial charge in [0.1, 0.15) is 5.51 Å². The molecular formula is C17H14Cl2N4O3S3. The summed E-state index contributed by atoms with van der Waals surface area (Å²) in [4.78, 5) is 13.2. The van der Waals surface area contributed by atoms with E-state index in [2.05, 4.69) is 20.2 Å². The van der Waals surface area contributed by atoms with Gasteiger partial charge in [0.2, 0.25) is 11.0 Å². The highest BCUT2D eigenvalue weighted by Gasteiger charge is 2.18. The third-order valence-electron chi connectivity index (χ3n) is 3.58. The Kier molecular flexibility index (Phi) is 7.01. The number of hydrogen-bond donors (Lipinski definition) is 2. The molecule has 1 aromatic heterocycles. The molecule has 0 fully saturated rings. The van der Waals surface area contributed by atoms with E-state index < -0.39 is 15.3 Å². The number of anilines is 2. The number of carbonyl (C=O) groups excluding carboxylic acids is 1. The smallest absolute Gasteiger partial charge is 0.263 e. The van der Waals surface area contributed by atoms with Crippen LogP contribution < -0.4 is 10.0 Å². The topological polar surface area (TPSA) is 101 Å². The average molecular weight is 489 g/mol. The summed E-state index contributed by atoms with van der Waals surface area (Å²) in [7, 11) is -3.78. The van der Waals surface area contributed by atoms with Gasteiger partial charge < -0.3 is 5.32 Å². The second-order valence-electron chi connectivity index (χ2n) is 5.70. The van der Waals surface area contributed by atoms with E-state index in [1.807, 2.05) is 0 Å². The van der Waals surface area contributed by atoms with E-state index in [9.17, 15) is 13.2 Å². The van der Waals surface area contributed by atoms with Crippen LogP contribution in [0.1, 0.15) is 6.92 Å². The first kappa shape index (κ1) is 21.8. The first-order valence-electron chi connectivity index (χ1n) is 8.06. The van der Waals surface area contributed by atoms with E-state index in [-0.39, 0.29) is 15.9 Å². The second kappa shape index (κ2) is 9.31. The lowest BCUT2D eigenvalue weighted by molar-refractivity contribution is -0.115. The van der Waals surface area contributed by atoms with E-state index in [4.69, 9.17) is 23.2 Å². The van der Waals surface area contributed by atoms with E-state index in [1.54, 1.807) is 25.1 Å². The summed E-state index contributed by atoms with van der Waals surface area (Å²) in [5, 5.41) is 10.7. The van der Waals surface area contributed by atoms with Gasteiger partial charge in [-0.1, -0.05) is 34.5 Å². The van der Waals surface area contributed by atoms with Crippen LogP contribution in [0.3, 0.4) is 0 Å². The maximum Gasteiger partial charge on any atom is 0.263 e. The summed E-state index contributed by atoms with van der Waals surface area (Å²) < 4.78 is 27.0. The van der Waals surface area contributed by atoms with Crippen molar-refractivity contribution in [2.45, 2.75) is 22.0 Å². The quantitative estimate of drug-likeness (QED) is 0.464. The highest BCUT2D eigenvalue weighted by molar-refractivity contribution is 8.00. The van der Waals surface area contributed by atoms with Gasteiger partial charge in [-0.15, -0.1) is 22.0 Å². The molecule has 7 nitrogen and oxygen atoms in total. The number of hydrogen-bond acceptors (Lipinski definition) is 7. The molecular weight excluding hydrogens is 475 g/mol. The zero-order valence-electron chi connectivity index (χ0n) is 14.8. The number of nitrogens with zero attached hydrogens (tertiary/aromatic N) is 2. The number of benzene rings is 2. The molecule has 2 N–H and O–H groups in total. The zero-order valence-corrected chi connectivity index (χ0v) is 18.8. The van der Waals surface area contributed by atoms with Crippen molar-refractivity contribution in [1.82, 2.24) is 10.2 Å². The van der Waals surface area contributed by atoms with Gasteiger partial charge in [-0.2, -0.15) is 0 Å². The van der Waals surface area contributed by atoms with Crippen LogP contribution in [0.4, 0.5) is 10.8 Å². The number of aromatic nitrogens is 2. The van der Waals surface area contributed by atoms with E-state index >= 15 is 0 Å². The fourth-order valence-corrected chi connectivity index (χ4v) is 5.27. The predicted molar refractivity (Wildman–Crippen MR) is 118 cm³/mol. The molecule has 0 aliphatic heterocycles. The van der Waals surface area contributed by atoms with Crippen LogP contribution in [-0.4, -0.2) is 29.8 Å². The van der Waals surface area contributed by atoms with Crippen molar-refractivity contribution < 1.29 is 13.2 Å². The highest BCUT2D eigenvalue weighted by atomic mass is 35.5. The fraction of sp³-hybridized carbons (Fsp3) is 0.118. The van der Waals surface area contributed by atoms with Crippen molar-refractivity contribution >= 4 is 73.0 Å². The minimum absolute atomic E-state index is 0.0406. The van der Waals surface area contributed by atoms with Crippen molar-refractivity contribution in [3.63, 3.8) is 0 Å². The number of rotatable bonds is 7. The summed E-state index contributed by atoms with van der Waals surface area (Å²) >= 11 is 14.5. The van der Waals surface area contributed by atoms with Crippen molar-refractivity contribution in [2.24, 2.45) is 0 Å². The Hall–Kier alpha value is -1.85. The summed E-state index contributed by atoms with van der Waals surface area (Å²) in [5.41, 5.74) is 1.89. The van der Waals surface area contributed by atoms with Crippen LogP contribution in [0.25, 0.3) is 0 Å². The van der Waals surface area contributed by atoms with E-state index in [0.29, 0.717) is 20.6 Å². The largest absolute Gasteiger partial charge is 0.325 e. The Bertz CT molecular complexity index is 1110. The van der Waals surface area contributed by atoms with Gasteiger partial charge in [-0.3, -0.25) is 9.52 Å². The van der Waals surface area contributed by atoms with Gasteiger partial charge in [0.15, 0.2) is 0 Å². The number of thioether (sulfide) groups is 1. The molecule has 3 aromatic rings. The van der Waals surface area contributed by atoms with Crippen molar-refractivity contribution in [3.05, 3.63) is 58.0 Å². The van der Waals surface area contributed by atoms with E-state index in [0.717, 1.165) is 11.3 Å². The Balaban J connectivity index is 1.64. The summed E-state index contributed by atoms with van der Waals surface area (Å²) in [6.07, 6.45) is 0. The van der Waals surface area contributed by atoms with Gasteiger partial charge in [0, 0.05) is 15.6 Å². The molecule has 0 aliphatic carbocycles. The SMILES string of the molecule is CC(Sc1cc(Cl)ccc1Cl)C(=O)Nc1ccc(S(=O)(=O)Nc2nncs2)cc1. The third-order valence-corrected chi connectivity index (χ3v) is 7.51. The van der Waals surface area contributed by atoms with Crippen LogP contribution >= 0.6 is 46.3 Å². The molecule has 152 valence electrons. The normalized spacial score (nSPS) is 12.4. The minimum Gasteiger partial charge on any atom is -0.325 e. The molecule has 1 amide bonds. The number of amides is 1. The first-order valence-corrected chi connectivity index (χ1v) is 12.1. The first-order chi connectivity index (χ1) is 13.7. The lowest BCUT2D eigenvalue weighted by Gasteiger charge is -2.13. The molecule has 0 saturated carbocycles. The molecule has 3 rings (SSSR count). The zero-order chi connectivity index (χ0) is 21.0. The maximum absolute atomic E-state index is 12.5. The standard InChI is InChI=1S/C17H14Cl2N4O3S3/c1-10(28-15-8-11(18)2-7-14(15)19)16(24)21-12-3-5-13(6-4-12)29(25,26)23-17-22-20-9-27-17/h2-10H,1H3,(H,21,24)(H,22,23). The van der Waals surface area contributed by atoms with Gasteiger partial charge in [-0.05, 0) is 49.4 Å². The number of sulfonamides is 1. The van der Waals surface area contributed by atoms with Gasteiger partial charge in [0.05, 0.1) is 15.2 Å². The Morgan fingerprint density at radius 1 is 1.17 bits per heavy atom. The van der Waals surface area contributed by atoms with Crippen LogP contribution in [0.2, 0.25) is 10.0 Å². The van der Waals surface area contributed by atoms with E-state index in [1.165, 1.54) is 41.5 Å². The molecule has 0 radical (unpaired) electrons. The highest BCUT2D eigenvalue weighted by Crippen LogP contribution is 2.33. The summed E-state index contributed by atoms with van der Waals surface area (Å²) in [5.74, 6) is -0.256. The average Bonchev–Trinajstić information content (AvgIpc) is 3.17. The minimum atomic E-state index is -3.78. The lowest BCUT2D eigenvalue weighted by Crippen LogP contribution is -2.22. The summed E-state index contributed by atoms with van der Waals surface area (Å²) in [6, 6.07) is 10.9. The molecule has 0 saturated heterocycles. The van der Waals surface area contributed by atoms with Gasteiger partial charge in [-0.25, -0.2) is 8.42 Å². The number of halogens is 2. The Morgan fingerprint density at radius 3 is 2.55 bits per heavy atom. The molecule has 2 aromatic carbocycles. The number of carbonyl (C=O) groups is 1. The van der Waals surface area contributed by atoms with Crippen LogP contribution in [-0.2, 0) is 14.8 Å².